The summed E-state index contributed by atoms with van der Waals surface area (Å²) in [6, 6.07) is 7.64. The molecule has 0 saturated heterocycles. The van der Waals surface area contributed by atoms with Crippen LogP contribution in [0.4, 0.5) is 8.78 Å². The van der Waals surface area contributed by atoms with Crippen LogP contribution in [0.1, 0.15) is 12.5 Å². The van der Waals surface area contributed by atoms with Gasteiger partial charge in [-0.05, 0) is 24.6 Å². The number of hydrogen-bond acceptors (Lipinski definition) is 5. The predicted octanol–water partition coefficient (Wildman–Crippen LogP) is 4.09. The number of carbonyl (C=O) groups excluding carboxylic acids is 1. The normalized spacial score (nSPS) is 17.7. The van der Waals surface area contributed by atoms with Gasteiger partial charge in [-0.1, -0.05) is 30.4 Å². The number of methoxy groups -OCH3 is 1. The number of carboxylic acid groups (broad SMARTS) is 1. The molecule has 32 heavy (non-hydrogen) atoms. The minimum absolute atomic E-state index is 0.0440. The Morgan fingerprint density at radius 2 is 2.03 bits per heavy atom. The molecule has 1 unspecified atom stereocenters. The van der Waals surface area contributed by atoms with Gasteiger partial charge in [-0.3, -0.25) is 4.79 Å². The summed E-state index contributed by atoms with van der Waals surface area (Å²) in [5.41, 5.74) is 1.43. The molecule has 1 aliphatic rings. The molecule has 1 atom stereocenters. The van der Waals surface area contributed by atoms with Crippen LogP contribution in [0.25, 0.3) is 11.1 Å². The highest BCUT2D eigenvalue weighted by Crippen LogP contribution is 2.28. The maximum absolute atomic E-state index is 14.9. The number of carboxylic acids is 1. The molecule has 2 aromatic rings. The summed E-state index contributed by atoms with van der Waals surface area (Å²) in [6.07, 6.45) is 6.78. The molecule has 0 saturated carbocycles. The number of pyridine rings is 1. The molecule has 1 aliphatic heterocycles. The van der Waals surface area contributed by atoms with Gasteiger partial charge in [-0.2, -0.15) is 0 Å². The van der Waals surface area contributed by atoms with Gasteiger partial charge in [0.05, 0.1) is 13.2 Å². The number of ether oxygens (including phenoxy) is 1. The number of allylic oxidation sites excluding steroid dienone is 3. The zero-order valence-electron chi connectivity index (χ0n) is 17.6. The van der Waals surface area contributed by atoms with Crippen LogP contribution < -0.4 is 4.74 Å². The lowest BCUT2D eigenvalue weighted by atomic mass is 9.92. The minimum Gasteiger partial charge on any atom is -0.481 e. The first-order chi connectivity index (χ1) is 15.3. The van der Waals surface area contributed by atoms with Gasteiger partial charge in [0, 0.05) is 41.7 Å². The van der Waals surface area contributed by atoms with E-state index in [0.717, 1.165) is 0 Å². The molecule has 0 bridgehead atoms. The molecule has 0 amide bonds. The van der Waals surface area contributed by atoms with Crippen LogP contribution in [-0.4, -0.2) is 46.6 Å². The van der Waals surface area contributed by atoms with Crippen molar-refractivity contribution in [1.82, 2.24) is 9.88 Å². The van der Waals surface area contributed by atoms with Crippen molar-refractivity contribution in [1.29, 1.82) is 0 Å². The molecule has 1 aromatic heterocycles. The standard InChI is InChI=1S/C24H22F2N2O4/c1-15-19(5-3-4-10-25)23(29)20(24(30)31)14-28(15)13-18-7-6-16(11-21(18)26)17-8-9-22(32-2)27-12-17/h3-9,11-12,14-15H,10,13H2,1-2H3,(H,30,31)/b4-3-,19-5+. The summed E-state index contributed by atoms with van der Waals surface area (Å²) >= 11 is 0. The lowest BCUT2D eigenvalue weighted by Crippen LogP contribution is -2.39. The topological polar surface area (TPSA) is 79.7 Å². The second-order valence-electron chi connectivity index (χ2n) is 7.13. The number of nitrogens with zero attached hydrogens (tertiary/aromatic N) is 2. The molecule has 6 nitrogen and oxygen atoms in total. The maximum atomic E-state index is 14.9. The van der Waals surface area contributed by atoms with E-state index >= 15 is 0 Å². The van der Waals surface area contributed by atoms with Gasteiger partial charge < -0.3 is 14.7 Å². The lowest BCUT2D eigenvalue weighted by molar-refractivity contribution is -0.134. The van der Waals surface area contributed by atoms with Gasteiger partial charge in [0.1, 0.15) is 18.1 Å². The number of alkyl halides is 1. The van der Waals surface area contributed by atoms with Gasteiger partial charge in [0.2, 0.25) is 5.88 Å². The van der Waals surface area contributed by atoms with Crippen LogP contribution in [0, 0.1) is 5.82 Å². The Bertz CT molecular complexity index is 1110. The molecule has 8 heteroatoms. The van der Waals surface area contributed by atoms with E-state index < -0.39 is 35.9 Å². The fraction of sp³-hybridized carbons (Fsp3) is 0.208. The lowest BCUT2D eigenvalue weighted by Gasteiger charge is -2.33. The highest BCUT2D eigenvalue weighted by Gasteiger charge is 2.33. The Morgan fingerprint density at radius 3 is 2.62 bits per heavy atom. The molecule has 1 aromatic carbocycles. The third kappa shape index (κ3) is 4.91. The Morgan fingerprint density at radius 1 is 1.28 bits per heavy atom. The molecule has 0 aliphatic carbocycles. The molecular weight excluding hydrogens is 418 g/mol. The van der Waals surface area contributed by atoms with E-state index in [2.05, 4.69) is 4.98 Å². The number of Topliss-reactive ketones (excluding diaryl/α,β-unsaturated/α-hetero) is 1. The van der Waals surface area contributed by atoms with Crippen LogP contribution in [0.5, 0.6) is 5.88 Å². The van der Waals surface area contributed by atoms with Crippen molar-refractivity contribution in [3.8, 4) is 17.0 Å². The number of ketones is 1. The van der Waals surface area contributed by atoms with E-state index in [1.165, 1.54) is 37.6 Å². The van der Waals surface area contributed by atoms with E-state index in [-0.39, 0.29) is 12.1 Å². The fourth-order valence-electron chi connectivity index (χ4n) is 3.36. The van der Waals surface area contributed by atoms with E-state index in [4.69, 9.17) is 4.74 Å². The van der Waals surface area contributed by atoms with Gasteiger partial charge >= 0.3 is 5.97 Å². The highest BCUT2D eigenvalue weighted by atomic mass is 19.1. The summed E-state index contributed by atoms with van der Waals surface area (Å²) in [4.78, 5) is 29.8. The van der Waals surface area contributed by atoms with Crippen molar-refractivity contribution in [3.63, 3.8) is 0 Å². The summed E-state index contributed by atoms with van der Waals surface area (Å²) in [5.74, 6) is -2.05. The van der Waals surface area contributed by atoms with Crippen molar-refractivity contribution in [2.45, 2.75) is 19.5 Å². The summed E-state index contributed by atoms with van der Waals surface area (Å²) < 4.78 is 32.3. The van der Waals surface area contributed by atoms with Crippen LogP contribution in [0.15, 0.2) is 72.1 Å². The third-order valence-electron chi connectivity index (χ3n) is 5.17. The molecular formula is C24H22F2N2O4. The molecule has 3 rings (SSSR count). The monoisotopic (exact) mass is 440 g/mol. The number of rotatable bonds is 7. The molecule has 0 spiro atoms. The predicted molar refractivity (Wildman–Crippen MR) is 115 cm³/mol. The summed E-state index contributed by atoms with van der Waals surface area (Å²) in [6.45, 7) is 1.04. The Labute approximate surface area is 184 Å². The van der Waals surface area contributed by atoms with E-state index in [9.17, 15) is 23.5 Å². The Balaban J connectivity index is 1.90. The second-order valence-corrected chi connectivity index (χ2v) is 7.13. The molecule has 166 valence electrons. The largest absolute Gasteiger partial charge is 0.481 e. The Kier molecular flexibility index (Phi) is 7.14. The third-order valence-corrected chi connectivity index (χ3v) is 5.17. The zero-order valence-corrected chi connectivity index (χ0v) is 17.6. The maximum Gasteiger partial charge on any atom is 0.341 e. The van der Waals surface area contributed by atoms with Gasteiger partial charge in [0.15, 0.2) is 5.78 Å². The highest BCUT2D eigenvalue weighted by molar-refractivity contribution is 6.24. The number of carbonyl (C=O) groups is 2. The van der Waals surface area contributed by atoms with Crippen molar-refractivity contribution in [3.05, 3.63) is 83.5 Å². The molecule has 0 radical (unpaired) electrons. The first kappa shape index (κ1) is 22.9. The molecule has 2 heterocycles. The van der Waals surface area contributed by atoms with Crippen LogP contribution in [0.3, 0.4) is 0 Å². The molecule has 1 N–H and O–H groups in total. The van der Waals surface area contributed by atoms with Crippen molar-refractivity contribution in [2.75, 3.05) is 13.8 Å². The van der Waals surface area contributed by atoms with Crippen LogP contribution in [-0.2, 0) is 16.1 Å². The number of aromatic nitrogens is 1. The SMILES string of the molecule is COc1ccc(-c2ccc(CN3C=C(C(=O)O)C(=O)/C(=C/C=C\CF)C3C)c(F)c2)cn1. The van der Waals surface area contributed by atoms with Crippen molar-refractivity contribution < 1.29 is 28.2 Å². The number of halogens is 2. The van der Waals surface area contributed by atoms with Crippen molar-refractivity contribution in [2.24, 2.45) is 0 Å². The summed E-state index contributed by atoms with van der Waals surface area (Å²) in [5, 5.41) is 9.41. The van der Waals surface area contributed by atoms with Gasteiger partial charge in [0.25, 0.3) is 0 Å². The first-order valence-electron chi connectivity index (χ1n) is 9.82. The average Bonchev–Trinajstić information content (AvgIpc) is 2.79. The first-order valence-corrected chi connectivity index (χ1v) is 9.82. The second kappa shape index (κ2) is 10.00. The van der Waals surface area contributed by atoms with Gasteiger partial charge in [-0.15, -0.1) is 0 Å². The van der Waals surface area contributed by atoms with E-state index in [1.54, 1.807) is 42.3 Å². The van der Waals surface area contributed by atoms with Crippen molar-refractivity contribution >= 4 is 11.8 Å². The fourth-order valence-corrected chi connectivity index (χ4v) is 3.36. The summed E-state index contributed by atoms with van der Waals surface area (Å²) in [7, 11) is 1.51. The van der Waals surface area contributed by atoms with Crippen LogP contribution >= 0.6 is 0 Å². The minimum atomic E-state index is -1.38. The number of hydrogen-bond donors (Lipinski definition) is 1. The quantitative estimate of drug-likeness (QED) is 0.516. The number of benzene rings is 1. The van der Waals surface area contributed by atoms with E-state index in [0.29, 0.717) is 22.6 Å². The molecule has 0 fully saturated rings. The smallest absolute Gasteiger partial charge is 0.341 e. The van der Waals surface area contributed by atoms with Crippen LogP contribution in [0.2, 0.25) is 0 Å². The Hall–Kier alpha value is -3.81. The number of aliphatic carboxylic acids is 1. The zero-order chi connectivity index (χ0) is 23.3. The average molecular weight is 440 g/mol. The van der Waals surface area contributed by atoms with Gasteiger partial charge in [-0.25, -0.2) is 18.6 Å². The van der Waals surface area contributed by atoms with E-state index in [1.807, 2.05) is 0 Å².